The third-order valence-corrected chi connectivity index (χ3v) is 7.24. The first-order valence-electron chi connectivity index (χ1n) is 13.4. The van der Waals surface area contributed by atoms with E-state index in [4.69, 9.17) is 26.9 Å². The number of benzene rings is 1. The second-order valence-electron chi connectivity index (χ2n) is 9.89. The molecule has 0 aliphatic carbocycles. The summed E-state index contributed by atoms with van der Waals surface area (Å²) in [6.45, 7) is 2.51. The molecule has 1 fully saturated rings. The Morgan fingerprint density at radius 1 is 1.22 bits per heavy atom. The number of nitrogens with zero attached hydrogens (tertiary/aromatic N) is 6. The number of anilines is 2. The summed E-state index contributed by atoms with van der Waals surface area (Å²) >= 11 is 0. The monoisotopic (exact) mass is 571 g/mol. The van der Waals surface area contributed by atoms with E-state index in [0.717, 1.165) is 10.5 Å². The summed E-state index contributed by atoms with van der Waals surface area (Å²) in [5, 5.41) is 32.1. The average molecular weight is 572 g/mol. The summed E-state index contributed by atoms with van der Waals surface area (Å²) in [5.41, 5.74) is 19.2. The minimum Gasteiger partial charge on any atom is -0.387 e. The van der Waals surface area contributed by atoms with E-state index in [1.165, 1.54) is 10.9 Å². The molecule has 15 nitrogen and oxygen atoms in total. The van der Waals surface area contributed by atoms with Gasteiger partial charge in [0.1, 0.15) is 23.8 Å². The van der Waals surface area contributed by atoms with Gasteiger partial charge >= 0.3 is 0 Å². The van der Waals surface area contributed by atoms with Gasteiger partial charge in [0.2, 0.25) is 18.3 Å². The van der Waals surface area contributed by atoms with Crippen LogP contribution in [0, 0.1) is 0 Å². The summed E-state index contributed by atoms with van der Waals surface area (Å²) < 4.78 is 7.23. The van der Waals surface area contributed by atoms with E-state index in [9.17, 15) is 24.9 Å². The van der Waals surface area contributed by atoms with E-state index >= 15 is 0 Å². The third kappa shape index (κ3) is 6.39. The lowest BCUT2D eigenvalue weighted by Gasteiger charge is -2.31. The lowest BCUT2D eigenvalue weighted by atomic mass is 10.1. The van der Waals surface area contributed by atoms with E-state index in [-0.39, 0.29) is 42.4 Å². The molecule has 1 saturated heterocycles. The maximum atomic E-state index is 12.0. The van der Waals surface area contributed by atoms with Gasteiger partial charge in [0.15, 0.2) is 23.9 Å². The van der Waals surface area contributed by atoms with Crippen molar-refractivity contribution in [3.05, 3.63) is 42.2 Å². The molecule has 3 aromatic rings. The van der Waals surface area contributed by atoms with Crippen molar-refractivity contribution in [3.63, 3.8) is 0 Å². The highest BCUT2D eigenvalue weighted by atomic mass is 16.6. The number of nitrogens with two attached hydrogens (primary N) is 3. The molecule has 2 amide bonds. The molecule has 41 heavy (non-hydrogen) atoms. The summed E-state index contributed by atoms with van der Waals surface area (Å²) in [6, 6.07) is 9.32. The Morgan fingerprint density at radius 2 is 1.95 bits per heavy atom. The van der Waals surface area contributed by atoms with Gasteiger partial charge < -0.3 is 47.1 Å². The van der Waals surface area contributed by atoms with Crippen LogP contribution >= 0.6 is 0 Å². The fraction of sp³-hybridized carbons (Fsp3) is 0.500. The second kappa shape index (κ2) is 13.2. The van der Waals surface area contributed by atoms with Crippen molar-refractivity contribution >= 4 is 35.2 Å². The Balaban J connectivity index is 1.72. The minimum absolute atomic E-state index is 0.00737. The van der Waals surface area contributed by atoms with Gasteiger partial charge in [-0.15, -0.1) is 0 Å². The molecule has 0 spiro atoms. The number of hydrogen-bond acceptors (Lipinski definition) is 12. The van der Waals surface area contributed by atoms with Crippen LogP contribution in [0.2, 0.25) is 0 Å². The largest absolute Gasteiger partial charge is 0.387 e. The van der Waals surface area contributed by atoms with Gasteiger partial charge in [0.25, 0.3) is 0 Å². The predicted octanol–water partition coefficient (Wildman–Crippen LogP) is -1.53. The van der Waals surface area contributed by atoms with Crippen molar-refractivity contribution in [2.75, 3.05) is 30.3 Å². The van der Waals surface area contributed by atoms with E-state index in [1.54, 1.807) is 6.92 Å². The second-order valence-corrected chi connectivity index (χ2v) is 9.89. The number of rotatable bonds is 14. The fourth-order valence-electron chi connectivity index (χ4n) is 5.05. The number of ether oxygens (including phenoxy) is 1. The Bertz CT molecular complexity index is 1330. The molecule has 4 rings (SSSR count). The standard InChI is InChI=1S/C26H37N9O6/c1-2-33(14-36)24(40)21-19(38)20(39)25(41-21)35-13-30-18-22(29)31-26(32-23(18)35)34(16(8-10-27)12-17(28)37)11-9-15-6-4-3-5-7-15/h3-7,13-14,16,19-21,24-25,38-40H,2,8-12,27H2,1H3,(H2,28,37)(H2,29,31,32)/t16?,19-,20+,21-,24?,25+/m0/s1. The van der Waals surface area contributed by atoms with Gasteiger partial charge in [-0.1, -0.05) is 30.3 Å². The summed E-state index contributed by atoms with van der Waals surface area (Å²) in [7, 11) is 0. The van der Waals surface area contributed by atoms with Crippen molar-refractivity contribution < 1.29 is 29.6 Å². The number of imidazole rings is 1. The Morgan fingerprint density at radius 3 is 2.59 bits per heavy atom. The van der Waals surface area contributed by atoms with Crippen molar-refractivity contribution in [3.8, 4) is 0 Å². The Labute approximate surface area is 236 Å². The van der Waals surface area contributed by atoms with Crippen LogP contribution in [0.25, 0.3) is 11.2 Å². The van der Waals surface area contributed by atoms with Crippen LogP contribution in [-0.2, 0) is 20.7 Å². The van der Waals surface area contributed by atoms with Crippen molar-refractivity contribution in [2.24, 2.45) is 11.5 Å². The van der Waals surface area contributed by atoms with Gasteiger partial charge in [-0.05, 0) is 31.9 Å². The van der Waals surface area contributed by atoms with Crippen LogP contribution in [0.4, 0.5) is 11.8 Å². The van der Waals surface area contributed by atoms with Gasteiger partial charge in [-0.2, -0.15) is 9.97 Å². The van der Waals surface area contributed by atoms with Crippen LogP contribution < -0.4 is 22.1 Å². The summed E-state index contributed by atoms with van der Waals surface area (Å²) in [5.74, 6) is -0.276. The van der Waals surface area contributed by atoms with Crippen LogP contribution in [0.1, 0.15) is 31.6 Å². The number of carbonyl (C=O) groups excluding carboxylic acids is 2. The highest BCUT2D eigenvalue weighted by Crippen LogP contribution is 2.34. The number of primary amides is 1. The molecule has 0 radical (unpaired) electrons. The van der Waals surface area contributed by atoms with E-state index in [1.807, 2.05) is 35.2 Å². The molecule has 222 valence electrons. The SMILES string of the molecule is CCN(C=O)C(O)[C@H]1O[C@@H](n2cnc3c(N)nc(N(CCc4ccccc4)C(CCN)CC(N)=O)nc32)[C@H](O)[C@@H]1O. The average Bonchev–Trinajstić information content (AvgIpc) is 3.50. The number of amides is 2. The molecular weight excluding hydrogens is 534 g/mol. The number of aliphatic hydroxyl groups is 3. The van der Waals surface area contributed by atoms with Gasteiger partial charge in [-0.25, -0.2) is 4.98 Å². The lowest BCUT2D eigenvalue weighted by molar-refractivity contribution is -0.152. The molecule has 2 unspecified atom stereocenters. The maximum Gasteiger partial charge on any atom is 0.229 e. The number of aliphatic hydroxyl groups excluding tert-OH is 3. The molecule has 0 saturated carbocycles. The number of fused-ring (bicyclic) bond motifs is 1. The zero-order valence-corrected chi connectivity index (χ0v) is 22.7. The maximum absolute atomic E-state index is 12.0. The van der Waals surface area contributed by atoms with Crippen LogP contribution in [-0.4, -0.2) is 102 Å². The normalized spacial score (nSPS) is 22.0. The van der Waals surface area contributed by atoms with Crippen molar-refractivity contribution in [2.45, 2.75) is 63.0 Å². The molecule has 1 aliphatic heterocycles. The van der Waals surface area contributed by atoms with E-state index in [2.05, 4.69) is 9.97 Å². The van der Waals surface area contributed by atoms with Gasteiger partial charge in [0.05, 0.1) is 6.33 Å². The fourth-order valence-corrected chi connectivity index (χ4v) is 5.05. The topological polar surface area (TPSA) is 232 Å². The van der Waals surface area contributed by atoms with Crippen LogP contribution in [0.15, 0.2) is 36.7 Å². The van der Waals surface area contributed by atoms with Crippen LogP contribution in [0.5, 0.6) is 0 Å². The Hall–Kier alpha value is -3.89. The van der Waals surface area contributed by atoms with Crippen molar-refractivity contribution in [1.82, 2.24) is 24.4 Å². The summed E-state index contributed by atoms with van der Waals surface area (Å²) in [4.78, 5) is 39.6. The number of aromatic nitrogens is 4. The zero-order chi connectivity index (χ0) is 29.7. The lowest BCUT2D eigenvalue weighted by Crippen LogP contribution is -2.48. The molecule has 2 aromatic heterocycles. The molecule has 1 aliphatic rings. The van der Waals surface area contributed by atoms with E-state index < -0.39 is 42.7 Å². The smallest absolute Gasteiger partial charge is 0.229 e. The van der Waals surface area contributed by atoms with E-state index in [0.29, 0.717) is 25.8 Å². The highest BCUT2D eigenvalue weighted by Gasteiger charge is 2.48. The van der Waals surface area contributed by atoms with Crippen LogP contribution in [0.3, 0.4) is 0 Å². The quantitative estimate of drug-likeness (QED) is 0.0955. The first-order chi connectivity index (χ1) is 19.7. The molecule has 15 heteroatoms. The predicted molar refractivity (Wildman–Crippen MR) is 149 cm³/mol. The highest BCUT2D eigenvalue weighted by molar-refractivity contribution is 5.83. The molecule has 0 bridgehead atoms. The first-order valence-corrected chi connectivity index (χ1v) is 13.4. The number of nitrogen functional groups attached to an aromatic ring is 1. The minimum atomic E-state index is -1.52. The molecule has 9 N–H and O–H groups in total. The van der Waals surface area contributed by atoms with Crippen molar-refractivity contribution in [1.29, 1.82) is 0 Å². The molecule has 3 heterocycles. The Kier molecular flexibility index (Phi) is 9.67. The third-order valence-electron chi connectivity index (χ3n) is 7.24. The molecule has 6 atom stereocenters. The number of hydrogen-bond donors (Lipinski definition) is 6. The molecular formula is C26H37N9O6. The van der Waals surface area contributed by atoms with Gasteiger partial charge in [-0.3, -0.25) is 14.2 Å². The van der Waals surface area contributed by atoms with Gasteiger partial charge in [0, 0.05) is 25.6 Å². The molecule has 1 aromatic carbocycles. The summed E-state index contributed by atoms with van der Waals surface area (Å²) in [6.07, 6.45) is -4.24. The first kappa shape index (κ1) is 30.1. The number of carbonyl (C=O) groups is 2. The number of likely N-dealkylation sites (N-methyl/N-ethyl adjacent to an activating group) is 1. The zero-order valence-electron chi connectivity index (χ0n) is 22.7.